The molecule has 2 fully saturated rings. The Morgan fingerprint density at radius 3 is 2.29 bits per heavy atom. The number of rotatable bonds is 2. The van der Waals surface area contributed by atoms with Crippen LogP contribution >= 0.6 is 0 Å². The van der Waals surface area contributed by atoms with Crippen molar-refractivity contribution >= 4 is 10.2 Å². The third-order valence-corrected chi connectivity index (χ3v) is 4.36. The summed E-state index contributed by atoms with van der Waals surface area (Å²) in [6, 6.07) is 0. The fourth-order valence-corrected chi connectivity index (χ4v) is 4.05. The molecule has 0 aliphatic carbocycles. The first-order chi connectivity index (χ1) is 6.49. The van der Waals surface area contributed by atoms with E-state index >= 15 is 0 Å². The topological polar surface area (TPSA) is 37.4 Å². The van der Waals surface area contributed by atoms with Crippen molar-refractivity contribution < 1.29 is 12.3 Å². The fourth-order valence-electron chi connectivity index (χ4n) is 2.94. The monoisotopic (exact) mass is 221 g/mol. The van der Waals surface area contributed by atoms with E-state index in [2.05, 4.69) is 4.90 Å². The predicted molar refractivity (Wildman–Crippen MR) is 52.2 cm³/mol. The minimum absolute atomic E-state index is 0.267. The zero-order valence-electron chi connectivity index (χ0n) is 8.21. The molecular weight excluding hydrogens is 205 g/mol. The number of nitrogens with zero attached hydrogens (tertiary/aromatic N) is 1. The van der Waals surface area contributed by atoms with E-state index in [1.54, 1.807) is 0 Å². The molecule has 0 aromatic heterocycles. The van der Waals surface area contributed by atoms with Gasteiger partial charge in [0.25, 0.3) is 0 Å². The Hall–Kier alpha value is -0.160. The molecule has 0 N–H and O–H groups in total. The van der Waals surface area contributed by atoms with E-state index < -0.39 is 10.2 Å². The Labute approximate surface area is 84.5 Å². The summed E-state index contributed by atoms with van der Waals surface area (Å²) in [5.74, 6) is -0.267. The van der Waals surface area contributed by atoms with Crippen molar-refractivity contribution in [3.63, 3.8) is 0 Å². The molecule has 0 aromatic rings. The second-order valence-electron chi connectivity index (χ2n) is 4.67. The Balaban J connectivity index is 2.13. The van der Waals surface area contributed by atoms with E-state index in [0.717, 1.165) is 45.3 Å². The van der Waals surface area contributed by atoms with Crippen LogP contribution in [0.4, 0.5) is 3.89 Å². The lowest BCUT2D eigenvalue weighted by Crippen LogP contribution is -2.50. The van der Waals surface area contributed by atoms with Gasteiger partial charge in [-0.15, -0.1) is 3.89 Å². The molecule has 0 unspecified atom stereocenters. The highest BCUT2D eigenvalue weighted by atomic mass is 32.3. The van der Waals surface area contributed by atoms with Crippen molar-refractivity contribution in [2.75, 3.05) is 25.4 Å². The van der Waals surface area contributed by atoms with Crippen molar-refractivity contribution in [1.29, 1.82) is 0 Å². The second kappa shape index (κ2) is 3.45. The lowest BCUT2D eigenvalue weighted by atomic mass is 9.75. The van der Waals surface area contributed by atoms with Gasteiger partial charge in [-0.1, -0.05) is 0 Å². The predicted octanol–water partition coefficient (Wildman–Crippen LogP) is 1.16. The summed E-state index contributed by atoms with van der Waals surface area (Å²) in [5, 5.41) is 0. The van der Waals surface area contributed by atoms with Crippen LogP contribution < -0.4 is 0 Å². The molecule has 14 heavy (non-hydrogen) atoms. The molecule has 0 saturated carbocycles. The molecule has 5 heteroatoms. The maximum atomic E-state index is 12.7. The van der Waals surface area contributed by atoms with Crippen LogP contribution in [0.2, 0.25) is 0 Å². The van der Waals surface area contributed by atoms with Gasteiger partial charge >= 0.3 is 10.2 Å². The Kier molecular flexibility index (Phi) is 2.55. The minimum atomic E-state index is -4.31. The largest absolute Gasteiger partial charge is 0.303 e. The molecule has 0 radical (unpaired) electrons. The molecule has 2 saturated heterocycles. The molecule has 0 amide bonds. The van der Waals surface area contributed by atoms with Crippen LogP contribution in [0.1, 0.15) is 25.7 Å². The van der Waals surface area contributed by atoms with Crippen LogP contribution in [0.3, 0.4) is 0 Å². The summed E-state index contributed by atoms with van der Waals surface area (Å²) in [7, 11) is -4.31. The van der Waals surface area contributed by atoms with Crippen LogP contribution in [0.5, 0.6) is 0 Å². The molecule has 2 bridgehead atoms. The summed E-state index contributed by atoms with van der Waals surface area (Å²) in [6.45, 7) is 2.87. The van der Waals surface area contributed by atoms with E-state index in [1.807, 2.05) is 0 Å². The van der Waals surface area contributed by atoms with Gasteiger partial charge in [0.15, 0.2) is 0 Å². The quantitative estimate of drug-likeness (QED) is 0.657. The number of fused-ring (bicyclic) bond motifs is 2. The van der Waals surface area contributed by atoms with Gasteiger partial charge in [0, 0.05) is 6.54 Å². The summed E-state index contributed by atoms with van der Waals surface area (Å²) < 4.78 is 34.1. The molecule has 82 valence electrons. The molecular formula is C9H16FNO2S. The fraction of sp³-hybridized carbons (Fsp3) is 1.00. The molecule has 2 aliphatic heterocycles. The van der Waals surface area contributed by atoms with Crippen molar-refractivity contribution in [3.05, 3.63) is 0 Å². The van der Waals surface area contributed by atoms with Gasteiger partial charge in [0.1, 0.15) is 0 Å². The van der Waals surface area contributed by atoms with Gasteiger partial charge in [0.05, 0.1) is 5.75 Å². The van der Waals surface area contributed by atoms with Crippen molar-refractivity contribution in [3.8, 4) is 0 Å². The third kappa shape index (κ3) is 2.25. The van der Waals surface area contributed by atoms with Gasteiger partial charge in [-0.05, 0) is 44.2 Å². The molecule has 2 aliphatic rings. The molecule has 0 spiro atoms. The number of piperidine rings is 2. The minimum Gasteiger partial charge on any atom is -0.303 e. The number of hydrogen-bond donors (Lipinski definition) is 0. The second-order valence-corrected chi connectivity index (χ2v) is 6.03. The zero-order valence-corrected chi connectivity index (χ0v) is 9.02. The molecule has 0 aromatic carbocycles. The lowest BCUT2D eigenvalue weighted by Gasteiger charge is -2.46. The van der Waals surface area contributed by atoms with Crippen LogP contribution in [0, 0.1) is 5.41 Å². The Bertz CT molecular complexity index is 305. The first-order valence-corrected chi connectivity index (χ1v) is 6.69. The highest BCUT2D eigenvalue weighted by Gasteiger charge is 2.41. The Morgan fingerprint density at radius 1 is 1.21 bits per heavy atom. The van der Waals surface area contributed by atoms with E-state index in [9.17, 15) is 12.3 Å². The van der Waals surface area contributed by atoms with Gasteiger partial charge in [-0.25, -0.2) is 0 Å². The molecule has 0 atom stereocenters. The van der Waals surface area contributed by atoms with Gasteiger partial charge in [-0.3, -0.25) is 0 Å². The average molecular weight is 221 g/mol. The summed E-state index contributed by atoms with van der Waals surface area (Å²) in [5.41, 5.74) is -0.274. The van der Waals surface area contributed by atoms with Crippen LogP contribution in [-0.4, -0.2) is 38.7 Å². The van der Waals surface area contributed by atoms with Crippen LogP contribution in [0.25, 0.3) is 0 Å². The summed E-state index contributed by atoms with van der Waals surface area (Å²) in [4.78, 5) is 2.26. The van der Waals surface area contributed by atoms with E-state index in [4.69, 9.17) is 0 Å². The number of hydrogen-bond acceptors (Lipinski definition) is 3. The zero-order chi connectivity index (χ0) is 10.2. The van der Waals surface area contributed by atoms with Crippen LogP contribution in [-0.2, 0) is 10.2 Å². The van der Waals surface area contributed by atoms with E-state index in [1.165, 1.54) is 0 Å². The van der Waals surface area contributed by atoms with Crippen molar-refractivity contribution in [1.82, 2.24) is 4.90 Å². The average Bonchev–Trinajstić information content (AvgIpc) is 1.99. The maximum absolute atomic E-state index is 12.7. The van der Waals surface area contributed by atoms with Gasteiger partial charge in [0.2, 0.25) is 0 Å². The highest BCUT2D eigenvalue weighted by molar-refractivity contribution is 7.86. The third-order valence-electron chi connectivity index (χ3n) is 3.40. The first kappa shape index (κ1) is 10.4. The lowest BCUT2D eigenvalue weighted by molar-refractivity contribution is 0.0542. The Morgan fingerprint density at radius 2 is 1.79 bits per heavy atom. The van der Waals surface area contributed by atoms with E-state index in [-0.39, 0.29) is 11.2 Å². The SMILES string of the molecule is O=S(=O)(F)CC12CCCN(CCC1)C2. The normalized spacial score (nSPS) is 38.2. The van der Waals surface area contributed by atoms with Crippen LogP contribution in [0.15, 0.2) is 0 Å². The van der Waals surface area contributed by atoms with Crippen molar-refractivity contribution in [2.45, 2.75) is 25.7 Å². The van der Waals surface area contributed by atoms with Crippen molar-refractivity contribution in [2.24, 2.45) is 5.41 Å². The van der Waals surface area contributed by atoms with Gasteiger partial charge in [-0.2, -0.15) is 8.42 Å². The first-order valence-electron chi connectivity index (χ1n) is 5.14. The number of halogens is 1. The molecule has 3 nitrogen and oxygen atoms in total. The molecule has 2 heterocycles. The standard InChI is InChI=1S/C9H16FNO2S/c10-14(12,13)8-9-3-1-5-11(7-9)6-2-4-9/h1-8H2. The highest BCUT2D eigenvalue weighted by Crippen LogP contribution is 2.39. The van der Waals surface area contributed by atoms with Gasteiger partial charge < -0.3 is 4.90 Å². The smallest absolute Gasteiger partial charge is 0.303 e. The maximum Gasteiger partial charge on any atom is 0.303 e. The molecule has 2 rings (SSSR count). The summed E-state index contributed by atoms with van der Waals surface area (Å²) in [6.07, 6.45) is 3.75. The summed E-state index contributed by atoms with van der Waals surface area (Å²) >= 11 is 0. The van der Waals surface area contributed by atoms with E-state index in [0.29, 0.717) is 0 Å².